The van der Waals surface area contributed by atoms with E-state index in [0.717, 1.165) is 5.56 Å². The van der Waals surface area contributed by atoms with Gasteiger partial charge in [0, 0.05) is 12.6 Å². The van der Waals surface area contributed by atoms with Crippen molar-refractivity contribution < 1.29 is 15.0 Å². The Hall–Kier alpha value is -1.55. The third-order valence-electron chi connectivity index (χ3n) is 2.65. The van der Waals surface area contributed by atoms with Crippen molar-refractivity contribution in [3.05, 3.63) is 35.9 Å². The van der Waals surface area contributed by atoms with E-state index in [1.54, 1.807) is 0 Å². The fourth-order valence-electron chi connectivity index (χ4n) is 1.83. The van der Waals surface area contributed by atoms with E-state index in [0.29, 0.717) is 12.8 Å². The van der Waals surface area contributed by atoms with Crippen LogP contribution in [-0.2, 0) is 6.42 Å². The Morgan fingerprint density at radius 2 is 2.00 bits per heavy atom. The van der Waals surface area contributed by atoms with Crippen LogP contribution in [-0.4, -0.2) is 29.0 Å². The molecule has 17 heavy (non-hydrogen) atoms. The van der Waals surface area contributed by atoms with Crippen molar-refractivity contribution in [2.45, 2.75) is 25.8 Å². The van der Waals surface area contributed by atoms with Gasteiger partial charge in [-0.3, -0.25) is 0 Å². The topological polar surface area (TPSA) is 69.6 Å². The molecular formula is C13H19NO3. The van der Waals surface area contributed by atoms with Gasteiger partial charge in [-0.15, -0.1) is 0 Å². The molecule has 0 heterocycles. The van der Waals surface area contributed by atoms with Crippen LogP contribution in [0.3, 0.4) is 0 Å². The van der Waals surface area contributed by atoms with E-state index >= 15 is 0 Å². The SMILES string of the molecule is C[C@H](CO)C[C@H](Cc1ccccc1)NC(=O)O. The summed E-state index contributed by atoms with van der Waals surface area (Å²) in [5.74, 6) is 0.0931. The van der Waals surface area contributed by atoms with E-state index < -0.39 is 6.09 Å². The zero-order valence-corrected chi connectivity index (χ0v) is 9.97. The maximum Gasteiger partial charge on any atom is 0.404 e. The lowest BCUT2D eigenvalue weighted by atomic mass is 9.97. The molecule has 0 spiro atoms. The molecule has 0 unspecified atom stereocenters. The Labute approximate surface area is 101 Å². The van der Waals surface area contributed by atoms with Gasteiger partial charge in [0.05, 0.1) is 0 Å². The smallest absolute Gasteiger partial charge is 0.404 e. The number of rotatable bonds is 6. The second kappa shape index (κ2) is 6.91. The molecule has 0 aliphatic carbocycles. The summed E-state index contributed by atoms with van der Waals surface area (Å²) < 4.78 is 0. The quantitative estimate of drug-likeness (QED) is 0.707. The molecular weight excluding hydrogens is 218 g/mol. The highest BCUT2D eigenvalue weighted by atomic mass is 16.4. The summed E-state index contributed by atoms with van der Waals surface area (Å²) >= 11 is 0. The van der Waals surface area contributed by atoms with Crippen molar-refractivity contribution in [2.24, 2.45) is 5.92 Å². The molecule has 2 atom stereocenters. The number of carboxylic acid groups (broad SMARTS) is 1. The van der Waals surface area contributed by atoms with Crippen LogP contribution >= 0.6 is 0 Å². The molecule has 4 nitrogen and oxygen atoms in total. The van der Waals surface area contributed by atoms with Crippen LogP contribution in [0.2, 0.25) is 0 Å². The number of hydrogen-bond donors (Lipinski definition) is 3. The normalized spacial score (nSPS) is 14.0. The predicted octanol–water partition coefficient (Wildman–Crippen LogP) is 1.88. The van der Waals surface area contributed by atoms with Crippen LogP contribution in [0, 0.1) is 5.92 Å². The van der Waals surface area contributed by atoms with Crippen molar-refractivity contribution in [3.8, 4) is 0 Å². The lowest BCUT2D eigenvalue weighted by Gasteiger charge is -2.20. The van der Waals surface area contributed by atoms with Crippen LogP contribution in [0.1, 0.15) is 18.9 Å². The Kier molecular flexibility index (Phi) is 5.49. The minimum absolute atomic E-state index is 0.0760. The third kappa shape index (κ3) is 5.36. The van der Waals surface area contributed by atoms with Gasteiger partial charge in [-0.1, -0.05) is 37.3 Å². The summed E-state index contributed by atoms with van der Waals surface area (Å²) in [6.45, 7) is 1.98. The highest BCUT2D eigenvalue weighted by Crippen LogP contribution is 2.11. The van der Waals surface area contributed by atoms with Gasteiger partial charge >= 0.3 is 6.09 Å². The maximum absolute atomic E-state index is 10.7. The average molecular weight is 237 g/mol. The highest BCUT2D eigenvalue weighted by molar-refractivity contribution is 5.64. The number of carbonyl (C=O) groups is 1. The Morgan fingerprint density at radius 1 is 1.35 bits per heavy atom. The molecule has 0 fully saturated rings. The average Bonchev–Trinajstić information content (AvgIpc) is 2.29. The minimum atomic E-state index is -1.02. The first-order chi connectivity index (χ1) is 8.11. The lowest BCUT2D eigenvalue weighted by molar-refractivity contribution is 0.181. The highest BCUT2D eigenvalue weighted by Gasteiger charge is 2.15. The monoisotopic (exact) mass is 237 g/mol. The van der Waals surface area contributed by atoms with Crippen LogP contribution in [0.15, 0.2) is 30.3 Å². The number of nitrogens with one attached hydrogen (secondary N) is 1. The van der Waals surface area contributed by atoms with E-state index in [2.05, 4.69) is 5.32 Å². The molecule has 1 rings (SSSR count). The Bertz CT molecular complexity index is 340. The predicted molar refractivity (Wildman–Crippen MR) is 66.0 cm³/mol. The third-order valence-corrected chi connectivity index (χ3v) is 2.65. The fourth-order valence-corrected chi connectivity index (χ4v) is 1.83. The number of hydrogen-bond acceptors (Lipinski definition) is 2. The number of aliphatic hydroxyl groups excluding tert-OH is 1. The lowest BCUT2D eigenvalue weighted by Crippen LogP contribution is -2.37. The van der Waals surface area contributed by atoms with Crippen LogP contribution < -0.4 is 5.32 Å². The second-order valence-electron chi connectivity index (χ2n) is 4.36. The van der Waals surface area contributed by atoms with Gasteiger partial charge in [0.15, 0.2) is 0 Å². The summed E-state index contributed by atoms with van der Waals surface area (Å²) in [5.41, 5.74) is 1.09. The summed E-state index contributed by atoms with van der Waals surface area (Å²) in [5, 5.41) is 20.3. The van der Waals surface area contributed by atoms with Crippen molar-refractivity contribution in [3.63, 3.8) is 0 Å². The zero-order valence-electron chi connectivity index (χ0n) is 9.97. The van der Waals surface area contributed by atoms with Crippen molar-refractivity contribution >= 4 is 6.09 Å². The largest absolute Gasteiger partial charge is 0.465 e. The van der Waals surface area contributed by atoms with E-state index in [-0.39, 0.29) is 18.6 Å². The van der Waals surface area contributed by atoms with E-state index in [1.807, 2.05) is 37.3 Å². The molecule has 0 bridgehead atoms. The van der Waals surface area contributed by atoms with Crippen LogP contribution in [0.4, 0.5) is 4.79 Å². The molecule has 3 N–H and O–H groups in total. The Morgan fingerprint density at radius 3 is 2.53 bits per heavy atom. The molecule has 0 aromatic heterocycles. The van der Waals surface area contributed by atoms with Gasteiger partial charge < -0.3 is 15.5 Å². The minimum Gasteiger partial charge on any atom is -0.465 e. The van der Waals surface area contributed by atoms with E-state index in [4.69, 9.17) is 10.2 Å². The van der Waals surface area contributed by atoms with Gasteiger partial charge in [-0.05, 0) is 24.3 Å². The first-order valence-electron chi connectivity index (χ1n) is 5.76. The molecule has 0 aliphatic rings. The number of amides is 1. The first-order valence-corrected chi connectivity index (χ1v) is 5.76. The fraction of sp³-hybridized carbons (Fsp3) is 0.462. The molecule has 0 aliphatic heterocycles. The molecule has 1 aromatic carbocycles. The van der Waals surface area contributed by atoms with E-state index in [1.165, 1.54) is 0 Å². The van der Waals surface area contributed by atoms with Gasteiger partial charge in [0.2, 0.25) is 0 Å². The molecule has 1 amide bonds. The van der Waals surface area contributed by atoms with Crippen molar-refractivity contribution in [2.75, 3.05) is 6.61 Å². The van der Waals surface area contributed by atoms with Gasteiger partial charge in [0.25, 0.3) is 0 Å². The maximum atomic E-state index is 10.7. The summed E-state index contributed by atoms with van der Waals surface area (Å²) in [6, 6.07) is 9.59. The van der Waals surface area contributed by atoms with Crippen molar-refractivity contribution in [1.29, 1.82) is 0 Å². The van der Waals surface area contributed by atoms with Gasteiger partial charge in [-0.2, -0.15) is 0 Å². The zero-order chi connectivity index (χ0) is 12.7. The summed E-state index contributed by atoms with van der Waals surface area (Å²) in [7, 11) is 0. The van der Waals surface area contributed by atoms with Gasteiger partial charge in [-0.25, -0.2) is 4.79 Å². The van der Waals surface area contributed by atoms with Crippen LogP contribution in [0.25, 0.3) is 0 Å². The van der Waals surface area contributed by atoms with E-state index in [9.17, 15) is 4.79 Å². The van der Waals surface area contributed by atoms with Crippen molar-refractivity contribution in [1.82, 2.24) is 5.32 Å². The molecule has 0 saturated carbocycles. The molecule has 0 saturated heterocycles. The first kappa shape index (κ1) is 13.5. The summed E-state index contributed by atoms with van der Waals surface area (Å²) in [6.07, 6.45) is 0.269. The number of aliphatic hydroxyl groups is 1. The molecule has 4 heteroatoms. The molecule has 1 aromatic rings. The molecule has 0 radical (unpaired) electrons. The number of benzene rings is 1. The second-order valence-corrected chi connectivity index (χ2v) is 4.36. The summed E-state index contributed by atoms with van der Waals surface area (Å²) in [4.78, 5) is 10.7. The standard InChI is InChI=1S/C13H19NO3/c1-10(9-15)7-12(14-13(16)17)8-11-5-3-2-4-6-11/h2-6,10,12,14-15H,7-9H2,1H3,(H,16,17)/t10-,12+/m0/s1. The Balaban J connectivity index is 2.60. The van der Waals surface area contributed by atoms with Gasteiger partial charge in [0.1, 0.15) is 0 Å². The molecule has 94 valence electrons. The van der Waals surface area contributed by atoms with Crippen LogP contribution in [0.5, 0.6) is 0 Å².